The molecule has 0 saturated heterocycles. The summed E-state index contributed by atoms with van der Waals surface area (Å²) in [7, 11) is -4.58. The van der Waals surface area contributed by atoms with E-state index in [0.717, 1.165) is 0 Å². The molecule has 0 fully saturated rings. The van der Waals surface area contributed by atoms with Crippen LogP contribution in [0.1, 0.15) is 0 Å². The van der Waals surface area contributed by atoms with E-state index in [2.05, 4.69) is 0 Å². The first-order chi connectivity index (χ1) is 3.46. The molecule has 0 aromatic rings. The van der Waals surface area contributed by atoms with Crippen LogP contribution in [0.2, 0.25) is 0 Å². The smallest absolute Gasteiger partial charge is 0.832 e. The minimum atomic E-state index is -2.42. The normalized spacial score (nSPS) is 6.00. The molecule has 0 radical (unpaired) electrons. The Morgan fingerprint density at radius 3 is 0.889 bits per heavy atom. The quantitative estimate of drug-likeness (QED) is 0.207. The Bertz CT molecular complexity index is 26.5. The van der Waals surface area contributed by atoms with Gasteiger partial charge in [0.05, 0.1) is 0 Å². The summed E-state index contributed by atoms with van der Waals surface area (Å²) in [5, 5.41) is 44.2. The van der Waals surface area contributed by atoms with Crippen LogP contribution in [0.5, 0.6) is 0 Å². The third kappa shape index (κ3) is 1500. The summed E-state index contributed by atoms with van der Waals surface area (Å²) in [6, 6.07) is 0. The van der Waals surface area contributed by atoms with E-state index < -0.39 is 14.6 Å². The van der Waals surface area contributed by atoms with Gasteiger partial charge in [-0.15, -0.1) is 0 Å². The van der Waals surface area contributed by atoms with Crippen LogP contribution in [0.25, 0.3) is 0 Å². The second-order valence-corrected chi connectivity index (χ2v) is 0.673. The van der Waals surface area contributed by atoms with Crippen LogP contribution >= 0.6 is 0 Å². The Labute approximate surface area is 64.3 Å². The van der Waals surface area contributed by atoms with Gasteiger partial charge >= 0.3 is 33.5 Å². The van der Waals surface area contributed by atoms with Crippen molar-refractivity contribution in [2.45, 2.75) is 0 Å². The minimum Gasteiger partial charge on any atom is -0.832 e. The maximum absolute atomic E-state index is 8.64. The zero-order valence-electron chi connectivity index (χ0n) is 4.80. The molecule has 0 aromatic carbocycles. The summed E-state index contributed by atoms with van der Waals surface area (Å²) < 4.78 is 0. The van der Waals surface area contributed by atoms with Gasteiger partial charge in [-0.2, -0.15) is 0 Å². The van der Waals surface area contributed by atoms with Gasteiger partial charge in [-0.1, -0.05) is 0 Å². The average molecular weight is 130 g/mol. The van der Waals surface area contributed by atoms with Gasteiger partial charge in [0.1, 0.15) is 0 Å². The summed E-state index contributed by atoms with van der Waals surface area (Å²) in [5.74, 6) is 0. The maximum atomic E-state index is 8.64. The van der Waals surface area contributed by atoms with E-state index in [1.165, 1.54) is 0 Å². The first-order valence-corrected chi connectivity index (χ1v) is 1.53. The molecule has 0 spiro atoms. The van der Waals surface area contributed by atoms with Crippen LogP contribution in [0, 0.1) is 0 Å². The molecule has 0 unspecified atom stereocenters. The second kappa shape index (κ2) is 11.3. The van der Waals surface area contributed by atoms with E-state index in [1.807, 2.05) is 0 Å². The zero-order chi connectivity index (χ0) is 7.15. The van der Waals surface area contributed by atoms with Crippen molar-refractivity contribution in [1.29, 1.82) is 0 Å². The molecule has 0 aliphatic heterocycles. The molecule has 9 heteroatoms. The van der Waals surface area contributed by atoms with Crippen LogP contribution in [0.4, 0.5) is 0 Å². The molecule has 48 valence electrons. The Morgan fingerprint density at radius 2 is 0.889 bits per heavy atom. The standard InChI is InChI=1S/BH3O3.BH2O3.Li/c2*2-1(3)4;/h2-4H;2-3H;/q;-1;+1. The van der Waals surface area contributed by atoms with Crippen LogP contribution < -0.4 is 23.9 Å². The summed E-state index contributed by atoms with van der Waals surface area (Å²) in [6.07, 6.45) is 0. The maximum Gasteiger partial charge on any atom is 1.00 e. The summed E-state index contributed by atoms with van der Waals surface area (Å²) in [6.45, 7) is 0. The zero-order valence-corrected chi connectivity index (χ0v) is 4.80. The van der Waals surface area contributed by atoms with Gasteiger partial charge < -0.3 is 30.1 Å². The Balaban J connectivity index is -0.0000000720. The van der Waals surface area contributed by atoms with Crippen molar-refractivity contribution in [3.8, 4) is 0 Å². The number of hydrogen-bond donors (Lipinski definition) is 5. The first-order valence-electron chi connectivity index (χ1n) is 1.53. The Kier molecular flexibility index (Phi) is 20.4. The fourth-order valence-electron chi connectivity index (χ4n) is 0. The molecule has 9 heavy (non-hydrogen) atoms. The van der Waals surface area contributed by atoms with Gasteiger partial charge in [0.25, 0.3) is 0 Å². The SMILES string of the molecule is OB(O)O.[Li+].[O-]B(O)O. The molecule has 0 heterocycles. The molecule has 5 N–H and O–H groups in total. The molecular formula is H5B2LiO6. The first kappa shape index (κ1) is 16.2. The van der Waals surface area contributed by atoms with E-state index in [9.17, 15) is 0 Å². The van der Waals surface area contributed by atoms with E-state index in [4.69, 9.17) is 30.1 Å². The molecule has 0 bridgehead atoms. The molecular weight excluding hydrogens is 125 g/mol. The third-order valence-corrected chi connectivity index (χ3v) is 0. The topological polar surface area (TPSA) is 124 Å². The van der Waals surface area contributed by atoms with Crippen molar-refractivity contribution in [1.82, 2.24) is 0 Å². The molecule has 0 aliphatic carbocycles. The van der Waals surface area contributed by atoms with Crippen molar-refractivity contribution in [3.63, 3.8) is 0 Å². The Hall–Kier alpha value is 0.487. The van der Waals surface area contributed by atoms with Gasteiger partial charge in [-0.25, -0.2) is 0 Å². The van der Waals surface area contributed by atoms with Crippen LogP contribution in [-0.4, -0.2) is 39.8 Å². The van der Waals surface area contributed by atoms with Crippen LogP contribution in [-0.2, 0) is 0 Å². The van der Waals surface area contributed by atoms with Crippen molar-refractivity contribution in [3.05, 3.63) is 0 Å². The van der Waals surface area contributed by atoms with Crippen molar-refractivity contribution in [2.24, 2.45) is 0 Å². The van der Waals surface area contributed by atoms with E-state index in [1.54, 1.807) is 0 Å². The van der Waals surface area contributed by atoms with Gasteiger partial charge in [-0.05, 0) is 0 Å². The van der Waals surface area contributed by atoms with E-state index in [-0.39, 0.29) is 18.9 Å². The van der Waals surface area contributed by atoms with Gasteiger partial charge in [0.15, 0.2) is 0 Å². The van der Waals surface area contributed by atoms with Crippen LogP contribution in [0.3, 0.4) is 0 Å². The van der Waals surface area contributed by atoms with Gasteiger partial charge in [0.2, 0.25) is 0 Å². The van der Waals surface area contributed by atoms with E-state index in [0.29, 0.717) is 0 Å². The molecule has 0 aromatic heterocycles. The molecule has 0 rings (SSSR count). The van der Waals surface area contributed by atoms with Crippen molar-refractivity contribution in [2.75, 3.05) is 0 Å². The summed E-state index contributed by atoms with van der Waals surface area (Å²) in [4.78, 5) is 0. The molecule has 6 nitrogen and oxygen atoms in total. The fourth-order valence-corrected chi connectivity index (χ4v) is 0. The van der Waals surface area contributed by atoms with Crippen molar-refractivity contribution < 1.29 is 49.0 Å². The van der Waals surface area contributed by atoms with Crippen molar-refractivity contribution >= 4 is 14.6 Å². The predicted molar refractivity (Wildman–Crippen MR) is 22.6 cm³/mol. The largest absolute Gasteiger partial charge is 1.00 e. The molecule has 0 aliphatic rings. The summed E-state index contributed by atoms with van der Waals surface area (Å²) >= 11 is 0. The van der Waals surface area contributed by atoms with Gasteiger partial charge in [0, 0.05) is 0 Å². The minimum absolute atomic E-state index is 0. The molecule has 0 amide bonds. The predicted octanol–water partition coefficient (Wildman–Crippen LogP) is -7.73. The summed E-state index contributed by atoms with van der Waals surface area (Å²) in [5.41, 5.74) is 0. The average Bonchev–Trinajstić information content (AvgIpc) is 1.25. The number of hydrogen-bond acceptors (Lipinski definition) is 6. The van der Waals surface area contributed by atoms with Crippen LogP contribution in [0.15, 0.2) is 0 Å². The fraction of sp³-hybridized carbons (Fsp3) is 0. The Morgan fingerprint density at radius 1 is 0.889 bits per heavy atom. The van der Waals surface area contributed by atoms with Gasteiger partial charge in [-0.3, -0.25) is 0 Å². The molecule has 0 atom stereocenters. The third-order valence-electron chi connectivity index (χ3n) is 0. The van der Waals surface area contributed by atoms with E-state index >= 15 is 0 Å². The molecule has 0 saturated carbocycles. The number of rotatable bonds is 0. The monoisotopic (exact) mass is 130 g/mol. The second-order valence-electron chi connectivity index (χ2n) is 0.673.